The third-order valence-corrected chi connectivity index (χ3v) is 4.16. The van der Waals surface area contributed by atoms with Crippen LogP contribution < -0.4 is 0 Å². The second-order valence-electron chi connectivity index (χ2n) is 5.71. The van der Waals surface area contributed by atoms with E-state index in [2.05, 4.69) is 0 Å². The first-order valence-electron chi connectivity index (χ1n) is 8.20. The van der Waals surface area contributed by atoms with Crippen molar-refractivity contribution < 1.29 is 14.5 Å². The van der Waals surface area contributed by atoms with Gasteiger partial charge in [0.25, 0.3) is 0 Å². The highest BCUT2D eigenvalue weighted by Gasteiger charge is 2.26. The van der Waals surface area contributed by atoms with Crippen LogP contribution in [0.25, 0.3) is 28.2 Å². The smallest absolute Gasteiger partial charge is 0.409 e. The molecule has 1 aromatic heterocycles. The normalized spacial score (nSPS) is 11.5. The highest BCUT2D eigenvalue weighted by atomic mass is 16.6. The average Bonchev–Trinajstić information content (AvgIpc) is 2.92. The summed E-state index contributed by atoms with van der Waals surface area (Å²) in [6.45, 7) is 1.69. The molecule has 3 rings (SSSR count). The molecule has 0 aliphatic rings. The lowest BCUT2D eigenvalue weighted by Gasteiger charge is -2.06. The van der Waals surface area contributed by atoms with Crippen molar-refractivity contribution in [1.82, 2.24) is 4.57 Å². The number of nitro groups is 1. The lowest BCUT2D eigenvalue weighted by Crippen LogP contribution is -2.14. The Morgan fingerprint density at radius 2 is 1.81 bits per heavy atom. The number of benzene rings is 2. The van der Waals surface area contributed by atoms with Crippen molar-refractivity contribution in [2.75, 3.05) is 6.61 Å². The lowest BCUT2D eigenvalue weighted by molar-refractivity contribution is -0.419. The van der Waals surface area contributed by atoms with Gasteiger partial charge in [0, 0.05) is 29.6 Å². The first-order chi connectivity index (χ1) is 12.5. The van der Waals surface area contributed by atoms with Gasteiger partial charge in [0.05, 0.1) is 17.2 Å². The molecule has 0 bridgehead atoms. The molecule has 0 radical (unpaired) electrons. The van der Waals surface area contributed by atoms with Crippen LogP contribution in [0.15, 0.2) is 60.3 Å². The molecule has 0 N–H and O–H groups in total. The molecule has 3 aromatic rings. The van der Waals surface area contributed by atoms with Gasteiger partial charge in [-0.25, -0.2) is 4.79 Å². The van der Waals surface area contributed by atoms with E-state index in [-0.39, 0.29) is 6.61 Å². The summed E-state index contributed by atoms with van der Waals surface area (Å²) in [5.74, 6) is -0.940. The van der Waals surface area contributed by atoms with Crippen LogP contribution in [-0.4, -0.2) is 22.1 Å². The van der Waals surface area contributed by atoms with Gasteiger partial charge in [-0.3, -0.25) is 10.1 Å². The van der Waals surface area contributed by atoms with Gasteiger partial charge in [0.1, 0.15) is 0 Å². The van der Waals surface area contributed by atoms with Crippen molar-refractivity contribution in [3.63, 3.8) is 0 Å². The molecule has 0 unspecified atom stereocenters. The maximum Gasteiger partial charge on any atom is 0.409 e. The first-order valence-corrected chi connectivity index (χ1v) is 8.20. The van der Waals surface area contributed by atoms with Crippen LogP contribution >= 0.6 is 0 Å². The summed E-state index contributed by atoms with van der Waals surface area (Å²) >= 11 is 0. The highest BCUT2D eigenvalue weighted by Crippen LogP contribution is 2.34. The molecule has 132 valence electrons. The van der Waals surface area contributed by atoms with E-state index in [9.17, 15) is 14.9 Å². The predicted octanol–water partition coefficient (Wildman–Crippen LogP) is 4.03. The molecule has 0 fully saturated rings. The van der Waals surface area contributed by atoms with Crippen LogP contribution in [0.5, 0.6) is 0 Å². The Labute approximate surface area is 150 Å². The first kappa shape index (κ1) is 17.4. The van der Waals surface area contributed by atoms with Crippen LogP contribution in [0, 0.1) is 10.1 Å². The second kappa shape index (κ2) is 7.23. The zero-order chi connectivity index (χ0) is 18.7. The minimum atomic E-state index is -0.940. The SMILES string of the molecule is CCOC(=O)/C(=C/c1c(-c2ccccc2)n(C)c2ccccc12)[N+](=O)[O-]. The maximum atomic E-state index is 12.0. The van der Waals surface area contributed by atoms with Gasteiger partial charge in [-0.1, -0.05) is 48.5 Å². The number of hydrogen-bond donors (Lipinski definition) is 0. The van der Waals surface area contributed by atoms with E-state index in [0.717, 1.165) is 22.2 Å². The molecule has 0 saturated carbocycles. The van der Waals surface area contributed by atoms with E-state index in [4.69, 9.17) is 4.74 Å². The van der Waals surface area contributed by atoms with E-state index in [1.54, 1.807) is 6.92 Å². The highest BCUT2D eigenvalue weighted by molar-refractivity contribution is 6.01. The molecule has 0 aliphatic heterocycles. The minimum Gasteiger partial charge on any atom is -0.458 e. The monoisotopic (exact) mass is 350 g/mol. The number of ether oxygens (including phenoxy) is 1. The number of carbonyl (C=O) groups excluding carboxylic acids is 1. The lowest BCUT2D eigenvalue weighted by atomic mass is 10.0. The summed E-state index contributed by atoms with van der Waals surface area (Å²) in [6.07, 6.45) is 1.31. The van der Waals surface area contributed by atoms with Gasteiger partial charge in [-0.2, -0.15) is 0 Å². The number of para-hydroxylation sites is 1. The molecule has 0 amide bonds. The Balaban J connectivity index is 2.32. The molecular weight excluding hydrogens is 332 g/mol. The van der Waals surface area contributed by atoms with Gasteiger partial charge < -0.3 is 9.30 Å². The fourth-order valence-electron chi connectivity index (χ4n) is 3.04. The molecule has 26 heavy (non-hydrogen) atoms. The summed E-state index contributed by atoms with van der Waals surface area (Å²) < 4.78 is 6.82. The number of rotatable bonds is 5. The standard InChI is InChI=1S/C20H18N2O4/c1-3-26-20(23)18(22(24)25)13-16-15-11-7-8-12-17(15)21(2)19(16)14-9-5-4-6-10-14/h4-13H,3H2,1-2H3/b18-13-. The van der Waals surface area contributed by atoms with Gasteiger partial charge in [-0.15, -0.1) is 0 Å². The molecule has 0 aliphatic carbocycles. The predicted molar refractivity (Wildman–Crippen MR) is 100.0 cm³/mol. The van der Waals surface area contributed by atoms with E-state index in [1.165, 1.54) is 6.08 Å². The summed E-state index contributed by atoms with van der Waals surface area (Å²) in [5.41, 5.74) is 2.66. The average molecular weight is 350 g/mol. The number of fused-ring (bicyclic) bond motifs is 1. The number of carbonyl (C=O) groups is 1. The molecule has 1 heterocycles. The van der Waals surface area contributed by atoms with Gasteiger partial charge >= 0.3 is 11.7 Å². The molecular formula is C20H18N2O4. The number of hydrogen-bond acceptors (Lipinski definition) is 4. The van der Waals surface area contributed by atoms with E-state index >= 15 is 0 Å². The third kappa shape index (κ3) is 3.09. The summed E-state index contributed by atoms with van der Waals surface area (Å²) in [6, 6.07) is 17.2. The van der Waals surface area contributed by atoms with E-state index in [0.29, 0.717) is 5.56 Å². The molecule has 2 aromatic carbocycles. The van der Waals surface area contributed by atoms with Crippen molar-refractivity contribution in [2.45, 2.75) is 6.92 Å². The quantitative estimate of drug-likeness (QED) is 0.301. The summed E-state index contributed by atoms with van der Waals surface area (Å²) in [5, 5.41) is 12.3. The summed E-state index contributed by atoms with van der Waals surface area (Å²) in [4.78, 5) is 22.8. The van der Waals surface area contributed by atoms with Crippen LogP contribution in [0.2, 0.25) is 0 Å². The largest absolute Gasteiger partial charge is 0.458 e. The number of aryl methyl sites for hydroxylation is 1. The Kier molecular flexibility index (Phi) is 4.84. The van der Waals surface area contributed by atoms with Crippen molar-refractivity contribution in [2.24, 2.45) is 7.05 Å². The van der Waals surface area contributed by atoms with Crippen LogP contribution in [0.1, 0.15) is 12.5 Å². The van der Waals surface area contributed by atoms with Crippen molar-refractivity contribution in [3.8, 4) is 11.3 Å². The Hall–Kier alpha value is -3.41. The zero-order valence-corrected chi connectivity index (χ0v) is 14.5. The van der Waals surface area contributed by atoms with Crippen molar-refractivity contribution in [1.29, 1.82) is 0 Å². The van der Waals surface area contributed by atoms with Crippen LogP contribution in [0.4, 0.5) is 0 Å². The maximum absolute atomic E-state index is 12.0. The third-order valence-electron chi connectivity index (χ3n) is 4.16. The van der Waals surface area contributed by atoms with Crippen LogP contribution in [-0.2, 0) is 16.6 Å². The molecule has 0 spiro atoms. The Bertz CT molecular complexity index is 1000. The number of nitrogens with zero attached hydrogens (tertiary/aromatic N) is 2. The van der Waals surface area contributed by atoms with Crippen molar-refractivity contribution in [3.05, 3.63) is 76.0 Å². The van der Waals surface area contributed by atoms with Gasteiger partial charge in [0.15, 0.2) is 0 Å². The Morgan fingerprint density at radius 3 is 2.46 bits per heavy atom. The minimum absolute atomic E-state index is 0.0745. The van der Waals surface area contributed by atoms with Crippen LogP contribution in [0.3, 0.4) is 0 Å². The van der Waals surface area contributed by atoms with E-state index in [1.807, 2.05) is 66.2 Å². The fourth-order valence-corrected chi connectivity index (χ4v) is 3.04. The zero-order valence-electron chi connectivity index (χ0n) is 14.5. The van der Waals surface area contributed by atoms with Crippen molar-refractivity contribution >= 4 is 22.9 Å². The fraction of sp³-hybridized carbons (Fsp3) is 0.150. The molecule has 6 heteroatoms. The molecule has 0 atom stereocenters. The molecule has 0 saturated heterocycles. The van der Waals surface area contributed by atoms with E-state index < -0.39 is 16.6 Å². The van der Waals surface area contributed by atoms with Gasteiger partial charge in [0.2, 0.25) is 0 Å². The number of esters is 1. The second-order valence-corrected chi connectivity index (χ2v) is 5.71. The summed E-state index contributed by atoms with van der Waals surface area (Å²) in [7, 11) is 1.90. The Morgan fingerprint density at radius 1 is 1.15 bits per heavy atom. The molecule has 6 nitrogen and oxygen atoms in total. The topological polar surface area (TPSA) is 74.4 Å². The number of aromatic nitrogens is 1. The van der Waals surface area contributed by atoms with Gasteiger partial charge in [-0.05, 0) is 18.6 Å².